The molecule has 0 bridgehead atoms. The largest absolute Gasteiger partial charge is 0.486 e. The third-order valence-corrected chi connectivity index (χ3v) is 4.40. The van der Waals surface area contributed by atoms with E-state index >= 15 is 0 Å². The van der Waals surface area contributed by atoms with Crippen molar-refractivity contribution in [3.63, 3.8) is 0 Å². The number of sulfonamides is 1. The molecule has 2 aromatic carbocycles. The zero-order valence-electron chi connectivity index (χ0n) is 13.0. The number of hydrogen-bond donors (Lipinski definition) is 2. The van der Waals surface area contributed by atoms with Crippen LogP contribution in [0, 0.1) is 0 Å². The van der Waals surface area contributed by atoms with Crippen molar-refractivity contribution < 1.29 is 27.8 Å². The molecule has 0 spiro atoms. The number of benzene rings is 2. The number of carboxylic acid groups (broad SMARTS) is 1. The van der Waals surface area contributed by atoms with Crippen molar-refractivity contribution >= 4 is 27.8 Å². The van der Waals surface area contributed by atoms with Gasteiger partial charge in [-0.3, -0.25) is 4.72 Å². The Bertz CT molecular complexity index is 922. The average molecular weight is 361 g/mol. The van der Waals surface area contributed by atoms with Crippen LogP contribution >= 0.6 is 0 Å². The lowest BCUT2D eigenvalue weighted by atomic mass is 10.1. The minimum absolute atomic E-state index is 0.0885. The van der Waals surface area contributed by atoms with Crippen molar-refractivity contribution in [1.82, 2.24) is 0 Å². The van der Waals surface area contributed by atoms with Crippen molar-refractivity contribution in [3.05, 3.63) is 59.0 Å². The van der Waals surface area contributed by atoms with Gasteiger partial charge in [-0.25, -0.2) is 13.2 Å². The highest BCUT2D eigenvalue weighted by molar-refractivity contribution is 7.95. The Hall–Kier alpha value is -3.00. The highest BCUT2D eigenvalue weighted by Gasteiger charge is 2.21. The van der Waals surface area contributed by atoms with Gasteiger partial charge >= 0.3 is 5.97 Å². The normalized spacial score (nSPS) is 13.6. The minimum atomic E-state index is -3.91. The molecule has 0 amide bonds. The molecule has 0 saturated heterocycles. The number of hydrogen-bond acceptors (Lipinski definition) is 5. The van der Waals surface area contributed by atoms with Crippen molar-refractivity contribution in [2.24, 2.45) is 0 Å². The Morgan fingerprint density at radius 1 is 1.08 bits per heavy atom. The van der Waals surface area contributed by atoms with Crippen LogP contribution in [0.25, 0.3) is 6.08 Å². The standard InChI is InChI=1S/C17H15NO6S/c19-17(20)13-10-15-16(24-8-7-23-15)11-14(13)18-25(21,22)9-6-12-4-2-1-3-5-12/h1-6,9-11,18H,7-8H2,(H,19,20)/b9-6+. The quantitative estimate of drug-likeness (QED) is 0.849. The summed E-state index contributed by atoms with van der Waals surface area (Å²) in [7, 11) is -3.91. The predicted octanol–water partition coefficient (Wildman–Crippen LogP) is 2.57. The van der Waals surface area contributed by atoms with Gasteiger partial charge in [0.1, 0.15) is 13.2 Å². The molecule has 0 radical (unpaired) electrons. The fraction of sp³-hybridized carbons (Fsp3) is 0.118. The average Bonchev–Trinajstić information content (AvgIpc) is 2.60. The summed E-state index contributed by atoms with van der Waals surface area (Å²) < 4.78 is 37.5. The number of aromatic carboxylic acids is 1. The van der Waals surface area contributed by atoms with E-state index in [9.17, 15) is 18.3 Å². The lowest BCUT2D eigenvalue weighted by molar-refractivity contribution is 0.0697. The molecular formula is C17H15NO6S. The Morgan fingerprint density at radius 3 is 2.36 bits per heavy atom. The molecule has 1 aliphatic heterocycles. The van der Waals surface area contributed by atoms with Gasteiger partial charge < -0.3 is 14.6 Å². The first-order valence-corrected chi connectivity index (χ1v) is 8.92. The molecule has 25 heavy (non-hydrogen) atoms. The van der Waals surface area contributed by atoms with E-state index in [1.54, 1.807) is 24.3 Å². The molecule has 1 aliphatic rings. The van der Waals surface area contributed by atoms with Gasteiger partial charge in [0.25, 0.3) is 10.0 Å². The summed E-state index contributed by atoms with van der Waals surface area (Å²) in [6, 6.07) is 11.4. The summed E-state index contributed by atoms with van der Waals surface area (Å²) in [5.74, 6) is -0.714. The fourth-order valence-electron chi connectivity index (χ4n) is 2.27. The summed E-state index contributed by atoms with van der Waals surface area (Å²) in [6.45, 7) is 0.608. The summed E-state index contributed by atoms with van der Waals surface area (Å²) in [5.41, 5.74) is 0.393. The third kappa shape index (κ3) is 4.10. The van der Waals surface area contributed by atoms with Crippen LogP contribution in [0.2, 0.25) is 0 Å². The van der Waals surface area contributed by atoms with Gasteiger partial charge in [0.2, 0.25) is 0 Å². The molecule has 2 aromatic rings. The Labute approximate surface area is 144 Å². The second kappa shape index (κ2) is 6.86. The van der Waals surface area contributed by atoms with Gasteiger partial charge in [0.15, 0.2) is 11.5 Å². The zero-order valence-corrected chi connectivity index (χ0v) is 13.8. The van der Waals surface area contributed by atoms with Crippen molar-refractivity contribution in [2.75, 3.05) is 17.9 Å². The molecule has 0 aromatic heterocycles. The first-order chi connectivity index (χ1) is 11.9. The van der Waals surface area contributed by atoms with Crippen molar-refractivity contribution in [3.8, 4) is 11.5 Å². The molecule has 8 heteroatoms. The third-order valence-electron chi connectivity index (χ3n) is 3.40. The summed E-state index contributed by atoms with van der Waals surface area (Å²) in [6.07, 6.45) is 1.42. The molecule has 0 atom stereocenters. The summed E-state index contributed by atoms with van der Waals surface area (Å²) in [5, 5.41) is 10.3. The lowest BCUT2D eigenvalue weighted by Gasteiger charge is -2.20. The SMILES string of the molecule is O=C(O)c1cc2c(cc1NS(=O)(=O)/C=C/c1ccccc1)OCCO2. The highest BCUT2D eigenvalue weighted by Crippen LogP contribution is 2.36. The Balaban J connectivity index is 1.90. The number of anilines is 1. The number of carboxylic acids is 1. The molecular weight excluding hydrogens is 346 g/mol. The van der Waals surface area contributed by atoms with E-state index in [0.29, 0.717) is 24.5 Å². The van der Waals surface area contributed by atoms with E-state index in [1.165, 1.54) is 18.2 Å². The number of carbonyl (C=O) groups is 1. The highest BCUT2D eigenvalue weighted by atomic mass is 32.2. The minimum Gasteiger partial charge on any atom is -0.486 e. The molecule has 2 N–H and O–H groups in total. The topological polar surface area (TPSA) is 102 Å². The van der Waals surface area contributed by atoms with Crippen LogP contribution in [-0.2, 0) is 10.0 Å². The van der Waals surface area contributed by atoms with Crippen molar-refractivity contribution in [2.45, 2.75) is 0 Å². The maximum atomic E-state index is 12.3. The second-order valence-corrected chi connectivity index (χ2v) is 6.77. The molecule has 3 rings (SSSR count). The van der Waals surface area contributed by atoms with Crippen LogP contribution in [0.4, 0.5) is 5.69 Å². The van der Waals surface area contributed by atoms with Gasteiger partial charge in [0.05, 0.1) is 16.7 Å². The maximum Gasteiger partial charge on any atom is 0.337 e. The van der Waals surface area contributed by atoms with Gasteiger partial charge in [-0.05, 0) is 11.6 Å². The zero-order chi connectivity index (χ0) is 17.9. The second-order valence-electron chi connectivity index (χ2n) is 5.21. The smallest absolute Gasteiger partial charge is 0.337 e. The lowest BCUT2D eigenvalue weighted by Crippen LogP contribution is -2.18. The van der Waals surface area contributed by atoms with Crippen LogP contribution in [0.3, 0.4) is 0 Å². The van der Waals surface area contributed by atoms with Crippen LogP contribution < -0.4 is 14.2 Å². The van der Waals surface area contributed by atoms with Crippen molar-refractivity contribution in [1.29, 1.82) is 0 Å². The van der Waals surface area contributed by atoms with E-state index in [-0.39, 0.29) is 17.0 Å². The fourth-order valence-corrected chi connectivity index (χ4v) is 3.15. The Morgan fingerprint density at radius 2 is 1.72 bits per heavy atom. The first-order valence-electron chi connectivity index (χ1n) is 7.37. The monoisotopic (exact) mass is 361 g/mol. The molecule has 1 heterocycles. The number of nitrogens with one attached hydrogen (secondary N) is 1. The maximum absolute atomic E-state index is 12.3. The number of ether oxygens (including phenoxy) is 2. The van der Waals surface area contributed by atoms with E-state index in [0.717, 1.165) is 5.41 Å². The molecule has 0 unspecified atom stereocenters. The Kier molecular flexibility index (Phi) is 4.62. The van der Waals surface area contributed by atoms with Gasteiger partial charge in [-0.15, -0.1) is 0 Å². The predicted molar refractivity (Wildman–Crippen MR) is 92.4 cm³/mol. The first kappa shape index (κ1) is 16.8. The van der Waals surface area contributed by atoms with Crippen LogP contribution in [0.15, 0.2) is 47.9 Å². The molecule has 130 valence electrons. The van der Waals surface area contributed by atoms with Gasteiger partial charge in [-0.1, -0.05) is 30.3 Å². The van der Waals surface area contributed by atoms with E-state index in [4.69, 9.17) is 9.47 Å². The van der Waals surface area contributed by atoms with Gasteiger partial charge in [0, 0.05) is 12.1 Å². The summed E-state index contributed by atoms with van der Waals surface area (Å²) >= 11 is 0. The van der Waals surface area contributed by atoms with E-state index < -0.39 is 16.0 Å². The van der Waals surface area contributed by atoms with Gasteiger partial charge in [-0.2, -0.15) is 0 Å². The van der Waals surface area contributed by atoms with Crippen LogP contribution in [-0.4, -0.2) is 32.7 Å². The number of rotatable bonds is 5. The molecule has 0 aliphatic carbocycles. The molecule has 0 saturated carbocycles. The van der Waals surface area contributed by atoms with E-state index in [1.807, 2.05) is 6.07 Å². The summed E-state index contributed by atoms with van der Waals surface area (Å²) in [4.78, 5) is 11.4. The van der Waals surface area contributed by atoms with Crippen LogP contribution in [0.1, 0.15) is 15.9 Å². The molecule has 7 nitrogen and oxygen atoms in total. The molecule has 0 fully saturated rings. The van der Waals surface area contributed by atoms with E-state index in [2.05, 4.69) is 4.72 Å². The van der Waals surface area contributed by atoms with Crippen LogP contribution in [0.5, 0.6) is 11.5 Å². The number of fused-ring (bicyclic) bond motifs is 1.